The van der Waals surface area contributed by atoms with Crippen molar-refractivity contribution in [2.24, 2.45) is 0 Å². The molecule has 2 aromatic rings. The average molecular weight is 349 g/mol. The number of halogens is 1. The van der Waals surface area contributed by atoms with Gasteiger partial charge in [-0.3, -0.25) is 10.1 Å². The van der Waals surface area contributed by atoms with Crippen LogP contribution in [0.1, 0.15) is 5.56 Å². The molecule has 0 atom stereocenters. The molecule has 0 spiro atoms. The maximum atomic E-state index is 12.4. The molecule has 0 unspecified atom stereocenters. The predicted molar refractivity (Wildman–Crippen MR) is 85.3 cm³/mol. The molecule has 0 bridgehead atoms. The Morgan fingerprint density at radius 2 is 1.87 bits per heavy atom. The molecule has 0 fully saturated rings. The number of allylic oxidation sites excluding steroid dienone is 1. The third kappa shape index (κ3) is 3.56. The van der Waals surface area contributed by atoms with E-state index in [9.17, 15) is 23.8 Å². The van der Waals surface area contributed by atoms with Crippen molar-refractivity contribution in [3.05, 3.63) is 74.1 Å². The number of rotatable bonds is 4. The molecule has 2 rings (SSSR count). The van der Waals surface area contributed by atoms with E-state index in [1.54, 1.807) is 12.1 Å². The molecule has 0 heterocycles. The predicted octanol–water partition coefficient (Wildman–Crippen LogP) is 3.59. The van der Waals surface area contributed by atoms with Crippen LogP contribution in [-0.4, -0.2) is 13.3 Å². The summed E-state index contributed by atoms with van der Waals surface area (Å²) in [7, 11) is -4.03. The molecule has 8 heteroatoms. The molecule has 2 aromatic carbocycles. The molecule has 0 aliphatic rings. The number of nitriles is 1. The van der Waals surface area contributed by atoms with Gasteiger partial charge in [0.25, 0.3) is 5.69 Å². The molecule has 116 valence electrons. The van der Waals surface area contributed by atoms with E-state index in [0.717, 1.165) is 12.1 Å². The average Bonchev–Trinajstić information content (AvgIpc) is 2.54. The van der Waals surface area contributed by atoms with E-state index in [1.807, 2.05) is 0 Å². The third-order valence-corrected chi connectivity index (χ3v) is 4.96. The van der Waals surface area contributed by atoms with E-state index in [2.05, 4.69) is 0 Å². The van der Waals surface area contributed by atoms with Gasteiger partial charge in [-0.25, -0.2) is 8.42 Å². The highest BCUT2D eigenvalue weighted by Crippen LogP contribution is 2.27. The Morgan fingerprint density at radius 3 is 2.43 bits per heavy atom. The van der Waals surface area contributed by atoms with Gasteiger partial charge in [0.2, 0.25) is 9.84 Å². The summed E-state index contributed by atoms with van der Waals surface area (Å²) in [6.45, 7) is 0. The van der Waals surface area contributed by atoms with E-state index >= 15 is 0 Å². The van der Waals surface area contributed by atoms with Crippen LogP contribution in [0.2, 0.25) is 5.02 Å². The number of benzene rings is 2. The molecule has 6 nitrogen and oxygen atoms in total. The van der Waals surface area contributed by atoms with Crippen molar-refractivity contribution < 1.29 is 13.3 Å². The van der Waals surface area contributed by atoms with Gasteiger partial charge in [0.05, 0.1) is 9.82 Å². The number of nitro benzene ring substituents is 1. The Bertz CT molecular complexity index is 932. The summed E-state index contributed by atoms with van der Waals surface area (Å²) in [5.74, 6) is 0. The zero-order chi connectivity index (χ0) is 17.0. The molecule has 0 aromatic heterocycles. The van der Waals surface area contributed by atoms with Crippen LogP contribution in [0.5, 0.6) is 0 Å². The molecule has 0 aliphatic heterocycles. The fraction of sp³-hybridized carbons (Fsp3) is 0. The van der Waals surface area contributed by atoms with Crippen LogP contribution in [-0.2, 0) is 9.84 Å². The summed E-state index contributed by atoms with van der Waals surface area (Å²) in [5.41, 5.74) is -0.174. The van der Waals surface area contributed by atoms with Crippen LogP contribution >= 0.6 is 11.6 Å². The largest absolute Gasteiger partial charge is 0.270 e. The second-order valence-electron chi connectivity index (χ2n) is 4.40. The van der Waals surface area contributed by atoms with E-state index in [4.69, 9.17) is 11.6 Å². The Balaban J connectivity index is 2.59. The molecule has 0 N–H and O–H groups in total. The van der Waals surface area contributed by atoms with Crippen molar-refractivity contribution in [1.29, 1.82) is 5.26 Å². The molecule has 0 amide bonds. The van der Waals surface area contributed by atoms with Gasteiger partial charge in [0, 0.05) is 22.7 Å². The van der Waals surface area contributed by atoms with Gasteiger partial charge in [-0.15, -0.1) is 0 Å². The fourth-order valence-corrected chi connectivity index (χ4v) is 3.14. The van der Waals surface area contributed by atoms with Crippen LogP contribution in [0.25, 0.3) is 6.08 Å². The molecule has 0 aliphatic carbocycles. The summed E-state index contributed by atoms with van der Waals surface area (Å²) >= 11 is 5.93. The maximum absolute atomic E-state index is 12.4. The number of sulfone groups is 1. The molecule has 0 radical (unpaired) electrons. The minimum absolute atomic E-state index is 0.0469. The zero-order valence-corrected chi connectivity index (χ0v) is 13.1. The monoisotopic (exact) mass is 348 g/mol. The molecular weight excluding hydrogens is 340 g/mol. The lowest BCUT2D eigenvalue weighted by molar-refractivity contribution is -0.384. The summed E-state index contributed by atoms with van der Waals surface area (Å²) < 4.78 is 24.9. The van der Waals surface area contributed by atoms with Crippen LogP contribution in [0, 0.1) is 21.4 Å². The van der Waals surface area contributed by atoms with Gasteiger partial charge >= 0.3 is 0 Å². The van der Waals surface area contributed by atoms with E-state index in [-0.39, 0.29) is 21.2 Å². The van der Waals surface area contributed by atoms with Crippen molar-refractivity contribution in [2.75, 3.05) is 0 Å². The Morgan fingerprint density at radius 1 is 1.22 bits per heavy atom. The molecule has 23 heavy (non-hydrogen) atoms. The zero-order valence-electron chi connectivity index (χ0n) is 11.5. The number of hydrogen-bond acceptors (Lipinski definition) is 5. The maximum Gasteiger partial charge on any atom is 0.270 e. The SMILES string of the molecule is N#CC(=Cc1cc([N+](=O)[O-])ccc1Cl)S(=O)(=O)c1ccccc1. The highest BCUT2D eigenvalue weighted by molar-refractivity contribution is 7.95. The first-order valence-electron chi connectivity index (χ1n) is 6.22. The normalized spacial score (nSPS) is 11.7. The Hall–Kier alpha value is -2.69. The van der Waals surface area contributed by atoms with E-state index in [0.29, 0.717) is 0 Å². The number of nitro groups is 1. The topological polar surface area (TPSA) is 101 Å². The van der Waals surface area contributed by atoms with Gasteiger partial charge in [0.1, 0.15) is 11.0 Å². The van der Waals surface area contributed by atoms with Gasteiger partial charge in [0.15, 0.2) is 0 Å². The fourth-order valence-electron chi connectivity index (χ4n) is 1.79. The quantitative estimate of drug-likeness (QED) is 0.477. The van der Waals surface area contributed by atoms with E-state index < -0.39 is 19.7 Å². The minimum Gasteiger partial charge on any atom is -0.258 e. The van der Waals surface area contributed by atoms with Crippen molar-refractivity contribution in [1.82, 2.24) is 0 Å². The first kappa shape index (κ1) is 16.7. The van der Waals surface area contributed by atoms with E-state index in [1.165, 1.54) is 36.4 Å². The van der Waals surface area contributed by atoms with Crippen molar-refractivity contribution in [3.63, 3.8) is 0 Å². The van der Waals surface area contributed by atoms with Crippen molar-refractivity contribution in [3.8, 4) is 6.07 Å². The first-order valence-corrected chi connectivity index (χ1v) is 8.08. The van der Waals surface area contributed by atoms with Crippen molar-refractivity contribution >= 4 is 33.2 Å². The first-order chi connectivity index (χ1) is 10.9. The number of hydrogen-bond donors (Lipinski definition) is 0. The van der Waals surface area contributed by atoms with Crippen LogP contribution in [0.3, 0.4) is 0 Å². The smallest absolute Gasteiger partial charge is 0.258 e. The van der Waals surface area contributed by atoms with Gasteiger partial charge in [-0.1, -0.05) is 29.8 Å². The second-order valence-corrected chi connectivity index (χ2v) is 6.73. The number of non-ortho nitro benzene ring substituents is 1. The Kier molecular flexibility index (Phi) is 4.79. The van der Waals surface area contributed by atoms with Crippen molar-refractivity contribution in [2.45, 2.75) is 4.90 Å². The summed E-state index contributed by atoms with van der Waals surface area (Å²) in [5, 5.41) is 20.1. The highest BCUT2D eigenvalue weighted by atomic mass is 35.5. The van der Waals surface area contributed by atoms with Crippen LogP contribution < -0.4 is 0 Å². The highest BCUT2D eigenvalue weighted by Gasteiger charge is 2.21. The third-order valence-electron chi connectivity index (χ3n) is 2.93. The lowest BCUT2D eigenvalue weighted by atomic mass is 10.2. The molecule has 0 saturated heterocycles. The molecule has 0 saturated carbocycles. The lowest BCUT2D eigenvalue weighted by Crippen LogP contribution is -2.03. The summed E-state index contributed by atoms with van der Waals surface area (Å²) in [6.07, 6.45) is 1.03. The van der Waals surface area contributed by atoms with Gasteiger partial charge < -0.3 is 0 Å². The lowest BCUT2D eigenvalue weighted by Gasteiger charge is -2.04. The Labute approximate surface area is 137 Å². The number of nitrogens with zero attached hydrogens (tertiary/aromatic N) is 2. The van der Waals surface area contributed by atoms with Crippen LogP contribution in [0.4, 0.5) is 5.69 Å². The van der Waals surface area contributed by atoms with Gasteiger partial charge in [-0.2, -0.15) is 5.26 Å². The minimum atomic E-state index is -4.03. The standard InChI is InChI=1S/C15H9ClN2O4S/c16-15-7-6-12(18(19)20)8-11(15)9-14(10-17)23(21,22)13-4-2-1-3-5-13/h1-9H. The summed E-state index contributed by atoms with van der Waals surface area (Å²) in [6, 6.07) is 12.6. The van der Waals surface area contributed by atoms with Gasteiger partial charge in [-0.05, 0) is 24.3 Å². The van der Waals surface area contributed by atoms with Crippen LogP contribution in [0.15, 0.2) is 58.3 Å². The molecular formula is C15H9ClN2O4S. The summed E-state index contributed by atoms with van der Waals surface area (Å²) in [4.78, 5) is 9.57. The second kappa shape index (κ2) is 6.60.